The molecule has 7 nitrogen and oxygen atoms in total. The number of carbonyl (C=O) groups is 2. The van der Waals surface area contributed by atoms with Crippen molar-refractivity contribution in [2.45, 2.75) is 37.7 Å². The number of benzene rings is 1. The second kappa shape index (κ2) is 8.95. The standard InChI is InChI=1S/C20H25ClN2O5S/c1-12(2)28-20(22-3)18(25)23-16(14(9-21)11-29-19(20)23)17(24)27-10-13-5-7-15(26-4)8-6-13/h5-8,12,19,22H,9-11H2,1-4H3. The zero-order chi connectivity index (χ0) is 21.2. The minimum absolute atomic E-state index is 0.0847. The van der Waals surface area contributed by atoms with Crippen molar-refractivity contribution < 1.29 is 23.8 Å². The maximum Gasteiger partial charge on any atom is 0.355 e. The molecule has 0 radical (unpaired) electrons. The van der Waals surface area contributed by atoms with Gasteiger partial charge in [0.2, 0.25) is 5.72 Å². The number of amides is 1. The van der Waals surface area contributed by atoms with Crippen LogP contribution in [0.4, 0.5) is 0 Å². The third-order valence-electron chi connectivity index (χ3n) is 4.79. The molecule has 1 aromatic rings. The number of hydrogen-bond donors (Lipinski definition) is 1. The molecule has 2 atom stereocenters. The average Bonchev–Trinajstić information content (AvgIpc) is 2.74. The highest BCUT2D eigenvalue weighted by Crippen LogP contribution is 2.47. The number of hydrogen-bond acceptors (Lipinski definition) is 7. The monoisotopic (exact) mass is 440 g/mol. The predicted molar refractivity (Wildman–Crippen MR) is 112 cm³/mol. The molecule has 0 bridgehead atoms. The van der Waals surface area contributed by atoms with Crippen molar-refractivity contribution in [3.63, 3.8) is 0 Å². The number of nitrogens with one attached hydrogen (secondary N) is 1. The fraction of sp³-hybridized carbons (Fsp3) is 0.500. The Morgan fingerprint density at radius 1 is 1.38 bits per heavy atom. The minimum atomic E-state index is -1.15. The second-order valence-electron chi connectivity index (χ2n) is 7.00. The van der Waals surface area contributed by atoms with E-state index in [0.29, 0.717) is 11.3 Å². The van der Waals surface area contributed by atoms with Crippen LogP contribution in [0.2, 0.25) is 0 Å². The molecule has 2 heterocycles. The topological polar surface area (TPSA) is 77.1 Å². The molecule has 2 aliphatic rings. The molecule has 1 amide bonds. The normalized spacial score (nSPS) is 23.7. The quantitative estimate of drug-likeness (QED) is 0.288. The average molecular weight is 441 g/mol. The number of halogens is 1. The van der Waals surface area contributed by atoms with Crippen LogP contribution in [-0.4, -0.2) is 59.8 Å². The van der Waals surface area contributed by atoms with Crippen LogP contribution in [-0.2, 0) is 25.7 Å². The van der Waals surface area contributed by atoms with Gasteiger partial charge < -0.3 is 14.2 Å². The van der Waals surface area contributed by atoms with Crippen molar-refractivity contribution in [2.24, 2.45) is 0 Å². The van der Waals surface area contributed by atoms with E-state index in [0.717, 1.165) is 11.3 Å². The third-order valence-corrected chi connectivity index (χ3v) is 6.48. The van der Waals surface area contributed by atoms with Gasteiger partial charge in [-0.1, -0.05) is 12.1 Å². The summed E-state index contributed by atoms with van der Waals surface area (Å²) < 4.78 is 16.5. The van der Waals surface area contributed by atoms with Crippen molar-refractivity contribution in [1.82, 2.24) is 10.2 Å². The first-order valence-corrected chi connectivity index (χ1v) is 10.9. The first kappa shape index (κ1) is 22.0. The van der Waals surface area contributed by atoms with Crippen molar-refractivity contribution in [3.05, 3.63) is 41.1 Å². The Hall–Kier alpha value is -1.74. The van der Waals surface area contributed by atoms with Crippen molar-refractivity contribution in [2.75, 3.05) is 25.8 Å². The van der Waals surface area contributed by atoms with E-state index < -0.39 is 11.7 Å². The minimum Gasteiger partial charge on any atom is -0.497 e. The van der Waals surface area contributed by atoms with Crippen molar-refractivity contribution in [1.29, 1.82) is 0 Å². The summed E-state index contributed by atoms with van der Waals surface area (Å²) in [5.41, 5.74) is 0.561. The fourth-order valence-electron chi connectivity index (χ4n) is 3.39. The number of thioether (sulfide) groups is 1. The number of β-lactam (4-membered cyclic amide) rings is 1. The summed E-state index contributed by atoms with van der Waals surface area (Å²) >= 11 is 7.58. The highest BCUT2D eigenvalue weighted by molar-refractivity contribution is 8.00. The van der Waals surface area contributed by atoms with Crippen LogP contribution in [0.25, 0.3) is 0 Å². The van der Waals surface area contributed by atoms with Crippen molar-refractivity contribution in [3.8, 4) is 5.75 Å². The lowest BCUT2D eigenvalue weighted by atomic mass is 9.98. The number of carbonyl (C=O) groups excluding carboxylic acids is 2. The highest BCUT2D eigenvalue weighted by Gasteiger charge is 2.65. The van der Waals surface area contributed by atoms with Crippen LogP contribution in [0, 0.1) is 0 Å². The van der Waals surface area contributed by atoms with Gasteiger partial charge >= 0.3 is 5.97 Å². The second-order valence-corrected chi connectivity index (χ2v) is 8.34. The van der Waals surface area contributed by atoms with Gasteiger partial charge in [0.25, 0.3) is 5.91 Å². The number of rotatable bonds is 8. The predicted octanol–water partition coefficient (Wildman–Crippen LogP) is 2.49. The molecule has 3 rings (SSSR count). The number of methoxy groups -OCH3 is 1. The number of fused-ring (bicyclic) bond motifs is 1. The van der Waals surface area contributed by atoms with Crippen LogP contribution in [0.5, 0.6) is 5.75 Å². The van der Waals surface area contributed by atoms with E-state index in [1.54, 1.807) is 26.3 Å². The van der Waals surface area contributed by atoms with Gasteiger partial charge in [0.05, 0.1) is 13.2 Å². The Morgan fingerprint density at radius 3 is 2.62 bits per heavy atom. The van der Waals surface area contributed by atoms with E-state index in [-0.39, 0.29) is 35.6 Å². The van der Waals surface area contributed by atoms with E-state index in [1.807, 2.05) is 26.0 Å². The van der Waals surface area contributed by atoms with E-state index in [2.05, 4.69) is 5.32 Å². The van der Waals surface area contributed by atoms with Gasteiger partial charge in [-0.05, 0) is 44.2 Å². The molecular formula is C20H25ClN2O5S. The van der Waals surface area contributed by atoms with Gasteiger partial charge in [0.15, 0.2) is 0 Å². The van der Waals surface area contributed by atoms with Crippen LogP contribution < -0.4 is 10.1 Å². The smallest absolute Gasteiger partial charge is 0.355 e. The summed E-state index contributed by atoms with van der Waals surface area (Å²) in [6, 6.07) is 7.23. The van der Waals surface area contributed by atoms with E-state index in [9.17, 15) is 9.59 Å². The summed E-state index contributed by atoms with van der Waals surface area (Å²) in [4.78, 5) is 27.4. The lowest BCUT2D eigenvalue weighted by Gasteiger charge is -2.56. The van der Waals surface area contributed by atoms with Gasteiger partial charge in [-0.2, -0.15) is 0 Å². The Bertz CT molecular complexity index is 814. The van der Waals surface area contributed by atoms with Crippen LogP contribution >= 0.6 is 23.4 Å². The number of nitrogens with zero attached hydrogens (tertiary/aromatic N) is 1. The Morgan fingerprint density at radius 2 is 2.07 bits per heavy atom. The lowest BCUT2D eigenvalue weighted by Crippen LogP contribution is -2.80. The van der Waals surface area contributed by atoms with Crippen molar-refractivity contribution >= 4 is 35.2 Å². The molecule has 9 heteroatoms. The largest absolute Gasteiger partial charge is 0.497 e. The van der Waals surface area contributed by atoms with Crippen LogP contribution in [0.3, 0.4) is 0 Å². The number of ether oxygens (including phenoxy) is 3. The fourth-order valence-corrected chi connectivity index (χ4v) is 5.18. The van der Waals surface area contributed by atoms with E-state index in [4.69, 9.17) is 25.8 Å². The summed E-state index contributed by atoms with van der Waals surface area (Å²) in [5.74, 6) is 0.512. The van der Waals surface area contributed by atoms with Gasteiger partial charge in [0, 0.05) is 11.6 Å². The van der Waals surface area contributed by atoms with Crippen LogP contribution in [0.15, 0.2) is 35.5 Å². The molecule has 1 aromatic carbocycles. The maximum absolute atomic E-state index is 13.0. The molecule has 0 spiro atoms. The van der Waals surface area contributed by atoms with Crippen LogP contribution in [0.1, 0.15) is 19.4 Å². The van der Waals surface area contributed by atoms with E-state index >= 15 is 0 Å². The van der Waals surface area contributed by atoms with Gasteiger partial charge in [0.1, 0.15) is 23.4 Å². The first-order chi connectivity index (χ1) is 13.9. The maximum atomic E-state index is 13.0. The molecule has 0 aromatic heterocycles. The SMILES string of the molecule is CNC1(OC(C)C)C(=O)N2C(C(=O)OCc3ccc(OC)cc3)=C(CCl)CSC21. The Labute approximate surface area is 179 Å². The number of esters is 1. The number of alkyl halides is 1. The molecule has 29 heavy (non-hydrogen) atoms. The molecule has 158 valence electrons. The molecule has 2 aliphatic heterocycles. The van der Waals surface area contributed by atoms with E-state index in [1.165, 1.54) is 16.7 Å². The summed E-state index contributed by atoms with van der Waals surface area (Å²) in [7, 11) is 3.27. The molecule has 1 saturated heterocycles. The third kappa shape index (κ3) is 3.99. The zero-order valence-electron chi connectivity index (χ0n) is 16.9. The molecule has 2 unspecified atom stereocenters. The molecule has 1 N–H and O–H groups in total. The zero-order valence-corrected chi connectivity index (χ0v) is 18.4. The molecule has 0 aliphatic carbocycles. The number of likely N-dealkylation sites (N-methyl/N-ethyl adjacent to an activating group) is 1. The summed E-state index contributed by atoms with van der Waals surface area (Å²) in [5, 5.41) is 2.64. The molecule has 1 fully saturated rings. The Balaban J connectivity index is 1.78. The lowest BCUT2D eigenvalue weighted by molar-refractivity contribution is -0.204. The summed E-state index contributed by atoms with van der Waals surface area (Å²) in [6.45, 7) is 3.82. The molecule has 0 saturated carbocycles. The molecular weight excluding hydrogens is 416 g/mol. The van der Waals surface area contributed by atoms with Gasteiger partial charge in [-0.25, -0.2) is 4.79 Å². The summed E-state index contributed by atoms with van der Waals surface area (Å²) in [6.07, 6.45) is -0.155. The Kier molecular flexibility index (Phi) is 6.78. The van der Waals surface area contributed by atoms with Gasteiger partial charge in [-0.15, -0.1) is 23.4 Å². The highest BCUT2D eigenvalue weighted by atomic mass is 35.5. The first-order valence-electron chi connectivity index (χ1n) is 9.28. The van der Waals surface area contributed by atoms with Gasteiger partial charge in [-0.3, -0.25) is 15.0 Å².